The van der Waals surface area contributed by atoms with Gasteiger partial charge in [0, 0.05) is 23.9 Å². The van der Waals surface area contributed by atoms with Crippen LogP contribution in [0.2, 0.25) is 0 Å². The van der Waals surface area contributed by atoms with Crippen molar-refractivity contribution in [1.29, 1.82) is 0 Å². The number of nitrogens with one attached hydrogen (secondary N) is 1. The van der Waals surface area contributed by atoms with E-state index in [1.807, 2.05) is 6.07 Å². The van der Waals surface area contributed by atoms with E-state index in [-0.39, 0.29) is 16.9 Å². The predicted octanol–water partition coefficient (Wildman–Crippen LogP) is 2.82. The number of halogens is 1. The van der Waals surface area contributed by atoms with Crippen molar-refractivity contribution in [3.05, 3.63) is 47.3 Å². The fourth-order valence-corrected chi connectivity index (χ4v) is 2.20. The van der Waals surface area contributed by atoms with Crippen LogP contribution < -0.4 is 20.5 Å². The minimum Gasteiger partial charge on any atom is -0.497 e. The molecule has 0 spiro atoms. The molecule has 0 fully saturated rings. The fourth-order valence-electron chi connectivity index (χ4n) is 2.20. The van der Waals surface area contributed by atoms with E-state index in [2.05, 4.69) is 10.1 Å². The molecule has 0 aliphatic carbocycles. The average Bonchev–Trinajstić information content (AvgIpc) is 2.61. The highest BCUT2D eigenvalue weighted by molar-refractivity contribution is 5.95. The van der Waals surface area contributed by atoms with Crippen LogP contribution in [0.25, 0.3) is 0 Å². The van der Waals surface area contributed by atoms with Gasteiger partial charge in [0.25, 0.3) is 0 Å². The molecule has 0 unspecified atom stereocenters. The molecular formula is C17H19FN2O4. The first kappa shape index (κ1) is 17.4. The minimum atomic E-state index is -0.685. The van der Waals surface area contributed by atoms with Crippen molar-refractivity contribution in [2.75, 3.05) is 32.4 Å². The van der Waals surface area contributed by atoms with E-state index in [1.165, 1.54) is 13.2 Å². The normalized spacial score (nSPS) is 10.2. The number of carbonyl (C=O) groups is 1. The molecule has 0 heterocycles. The fraction of sp³-hybridized carbons (Fsp3) is 0.235. The number of rotatable bonds is 6. The van der Waals surface area contributed by atoms with Crippen LogP contribution in [0.5, 0.6) is 11.5 Å². The molecular weight excluding hydrogens is 315 g/mol. The summed E-state index contributed by atoms with van der Waals surface area (Å²) in [5.74, 6) is -0.0123. The zero-order valence-electron chi connectivity index (χ0n) is 13.7. The lowest BCUT2D eigenvalue weighted by molar-refractivity contribution is 0.0601. The molecule has 128 valence electrons. The number of hydrogen-bond donors (Lipinski definition) is 2. The van der Waals surface area contributed by atoms with Crippen molar-refractivity contribution in [3.63, 3.8) is 0 Å². The molecule has 2 aromatic rings. The van der Waals surface area contributed by atoms with Gasteiger partial charge in [-0.15, -0.1) is 0 Å². The number of carbonyl (C=O) groups excluding carboxylic acids is 1. The molecule has 0 saturated carbocycles. The van der Waals surface area contributed by atoms with E-state index in [0.717, 1.165) is 11.6 Å². The Hall–Kier alpha value is -2.96. The monoisotopic (exact) mass is 334 g/mol. The molecule has 2 rings (SSSR count). The first-order valence-electron chi connectivity index (χ1n) is 7.12. The molecule has 0 aliphatic rings. The summed E-state index contributed by atoms with van der Waals surface area (Å²) in [7, 11) is 4.32. The standard InChI is InChI=1S/C17H19FN2O4/c1-22-11-5-4-10(16(6-11)23-2)9-20-15-8-14(19)12(7-13(15)18)17(21)24-3/h4-8,20H,9,19H2,1-3H3. The molecule has 7 heteroatoms. The average molecular weight is 334 g/mol. The van der Waals surface area contributed by atoms with Crippen LogP contribution in [0.1, 0.15) is 15.9 Å². The first-order chi connectivity index (χ1) is 11.5. The van der Waals surface area contributed by atoms with Gasteiger partial charge in [0.2, 0.25) is 0 Å². The van der Waals surface area contributed by atoms with E-state index in [1.54, 1.807) is 26.4 Å². The zero-order chi connectivity index (χ0) is 17.7. The van der Waals surface area contributed by atoms with Crippen molar-refractivity contribution >= 4 is 17.3 Å². The van der Waals surface area contributed by atoms with Gasteiger partial charge in [0.15, 0.2) is 0 Å². The third kappa shape index (κ3) is 3.68. The Labute approximate surface area is 139 Å². The van der Waals surface area contributed by atoms with Crippen LogP contribution in [-0.4, -0.2) is 27.3 Å². The van der Waals surface area contributed by atoms with Crippen molar-refractivity contribution < 1.29 is 23.4 Å². The van der Waals surface area contributed by atoms with Gasteiger partial charge < -0.3 is 25.3 Å². The number of hydrogen-bond acceptors (Lipinski definition) is 6. The SMILES string of the molecule is COC(=O)c1cc(F)c(NCc2ccc(OC)cc2OC)cc1N. The molecule has 3 N–H and O–H groups in total. The van der Waals surface area contributed by atoms with Crippen LogP contribution in [0.4, 0.5) is 15.8 Å². The Morgan fingerprint density at radius 3 is 2.54 bits per heavy atom. The quantitative estimate of drug-likeness (QED) is 0.624. The van der Waals surface area contributed by atoms with Gasteiger partial charge in [-0.1, -0.05) is 0 Å². The van der Waals surface area contributed by atoms with Crippen molar-refractivity contribution in [1.82, 2.24) is 0 Å². The molecule has 0 saturated heterocycles. The second-order valence-electron chi connectivity index (χ2n) is 4.94. The van der Waals surface area contributed by atoms with Gasteiger partial charge in [-0.2, -0.15) is 0 Å². The second kappa shape index (κ2) is 7.54. The number of benzene rings is 2. The summed E-state index contributed by atoms with van der Waals surface area (Å²) >= 11 is 0. The molecule has 0 radical (unpaired) electrons. The van der Waals surface area contributed by atoms with E-state index in [0.29, 0.717) is 18.0 Å². The Bertz CT molecular complexity index is 750. The van der Waals surface area contributed by atoms with Crippen LogP contribution in [0.3, 0.4) is 0 Å². The van der Waals surface area contributed by atoms with Crippen LogP contribution in [-0.2, 0) is 11.3 Å². The van der Waals surface area contributed by atoms with Gasteiger partial charge in [-0.25, -0.2) is 9.18 Å². The predicted molar refractivity (Wildman–Crippen MR) is 89.0 cm³/mol. The molecule has 0 aliphatic heterocycles. The summed E-state index contributed by atoms with van der Waals surface area (Å²) in [4.78, 5) is 11.5. The maximum absolute atomic E-state index is 14.2. The van der Waals surface area contributed by atoms with Crippen molar-refractivity contribution in [2.45, 2.75) is 6.54 Å². The molecule has 2 aromatic carbocycles. The molecule has 0 bridgehead atoms. The Kier molecular flexibility index (Phi) is 5.47. The molecule has 0 atom stereocenters. The molecule has 24 heavy (non-hydrogen) atoms. The minimum absolute atomic E-state index is 0.0115. The number of esters is 1. The van der Waals surface area contributed by atoms with Crippen molar-refractivity contribution in [3.8, 4) is 11.5 Å². The topological polar surface area (TPSA) is 82.8 Å². The van der Waals surface area contributed by atoms with E-state index >= 15 is 0 Å². The maximum Gasteiger partial charge on any atom is 0.340 e. The van der Waals surface area contributed by atoms with Crippen LogP contribution in [0, 0.1) is 5.82 Å². The number of methoxy groups -OCH3 is 3. The second-order valence-corrected chi connectivity index (χ2v) is 4.94. The molecule has 0 aromatic heterocycles. The third-order valence-corrected chi connectivity index (χ3v) is 3.51. The highest BCUT2D eigenvalue weighted by atomic mass is 19.1. The number of nitrogen functional groups attached to an aromatic ring is 1. The van der Waals surface area contributed by atoms with Gasteiger partial charge in [0.05, 0.1) is 32.6 Å². The summed E-state index contributed by atoms with van der Waals surface area (Å²) in [6.45, 7) is 0.307. The zero-order valence-corrected chi connectivity index (χ0v) is 13.7. The summed E-state index contributed by atoms with van der Waals surface area (Å²) < 4.78 is 29.1. The maximum atomic E-state index is 14.2. The van der Waals surface area contributed by atoms with E-state index < -0.39 is 11.8 Å². The van der Waals surface area contributed by atoms with E-state index in [4.69, 9.17) is 15.2 Å². The number of anilines is 2. The lowest BCUT2D eigenvalue weighted by Crippen LogP contribution is -2.09. The summed E-state index contributed by atoms with van der Waals surface area (Å²) in [6, 6.07) is 7.74. The summed E-state index contributed by atoms with van der Waals surface area (Å²) in [5, 5.41) is 2.94. The lowest BCUT2D eigenvalue weighted by Gasteiger charge is -2.14. The summed E-state index contributed by atoms with van der Waals surface area (Å²) in [5.41, 5.74) is 6.89. The van der Waals surface area contributed by atoms with Gasteiger partial charge in [0.1, 0.15) is 17.3 Å². The van der Waals surface area contributed by atoms with Crippen molar-refractivity contribution in [2.24, 2.45) is 0 Å². The third-order valence-electron chi connectivity index (χ3n) is 3.51. The van der Waals surface area contributed by atoms with Gasteiger partial charge in [-0.3, -0.25) is 0 Å². The van der Waals surface area contributed by atoms with E-state index in [9.17, 15) is 9.18 Å². The van der Waals surface area contributed by atoms with Crippen LogP contribution >= 0.6 is 0 Å². The molecule has 0 amide bonds. The number of nitrogens with two attached hydrogens (primary N) is 1. The number of ether oxygens (including phenoxy) is 3. The largest absolute Gasteiger partial charge is 0.497 e. The first-order valence-corrected chi connectivity index (χ1v) is 7.12. The molecule has 6 nitrogen and oxygen atoms in total. The van der Waals surface area contributed by atoms with Gasteiger partial charge in [-0.05, 0) is 24.3 Å². The lowest BCUT2D eigenvalue weighted by atomic mass is 10.1. The Morgan fingerprint density at radius 1 is 1.17 bits per heavy atom. The van der Waals surface area contributed by atoms with Gasteiger partial charge >= 0.3 is 5.97 Å². The smallest absolute Gasteiger partial charge is 0.340 e. The highest BCUT2D eigenvalue weighted by Gasteiger charge is 2.15. The highest BCUT2D eigenvalue weighted by Crippen LogP contribution is 2.27. The summed E-state index contributed by atoms with van der Waals surface area (Å²) in [6.07, 6.45) is 0. The Morgan fingerprint density at radius 2 is 1.92 bits per heavy atom. The Balaban J connectivity index is 2.21. The van der Waals surface area contributed by atoms with Crippen LogP contribution in [0.15, 0.2) is 30.3 Å².